The lowest BCUT2D eigenvalue weighted by atomic mass is 10.2. The number of carbonyl (C=O) groups excluding carboxylic acids is 1. The Bertz CT molecular complexity index is 614. The summed E-state index contributed by atoms with van der Waals surface area (Å²) in [5.74, 6) is 0. The number of anilines is 2. The first-order valence-corrected chi connectivity index (χ1v) is 6.40. The van der Waals surface area contributed by atoms with Crippen LogP contribution in [-0.2, 0) is 0 Å². The quantitative estimate of drug-likeness (QED) is 0.809. The number of halogens is 2. The van der Waals surface area contributed by atoms with Crippen LogP contribution in [0.25, 0.3) is 0 Å². The molecule has 0 spiro atoms. The first kappa shape index (κ1) is 13.7. The molecule has 2 N–H and O–H groups in total. The molecule has 0 heterocycles. The van der Waals surface area contributed by atoms with E-state index in [4.69, 9.17) is 23.2 Å². The zero-order chi connectivity index (χ0) is 13.8. The van der Waals surface area contributed by atoms with Crippen LogP contribution in [0.3, 0.4) is 0 Å². The van der Waals surface area contributed by atoms with Gasteiger partial charge in [-0.1, -0.05) is 41.4 Å². The van der Waals surface area contributed by atoms with E-state index in [1.54, 1.807) is 36.4 Å². The van der Waals surface area contributed by atoms with Gasteiger partial charge in [0.05, 0.1) is 21.4 Å². The lowest BCUT2D eigenvalue weighted by Crippen LogP contribution is -2.19. The maximum Gasteiger partial charge on any atom is 0.323 e. The topological polar surface area (TPSA) is 41.1 Å². The monoisotopic (exact) mass is 294 g/mol. The van der Waals surface area contributed by atoms with Crippen molar-refractivity contribution in [3.8, 4) is 0 Å². The number of amides is 2. The van der Waals surface area contributed by atoms with Crippen molar-refractivity contribution in [3.05, 3.63) is 58.1 Å². The summed E-state index contributed by atoms with van der Waals surface area (Å²) < 4.78 is 0. The molecule has 0 radical (unpaired) electrons. The summed E-state index contributed by atoms with van der Waals surface area (Å²) in [4.78, 5) is 11.8. The highest BCUT2D eigenvalue weighted by atomic mass is 35.5. The molecule has 0 aromatic heterocycles. The molecule has 19 heavy (non-hydrogen) atoms. The molecule has 0 unspecified atom stereocenters. The zero-order valence-corrected chi connectivity index (χ0v) is 11.7. The van der Waals surface area contributed by atoms with E-state index in [1.807, 2.05) is 13.0 Å². The van der Waals surface area contributed by atoms with Crippen LogP contribution in [0.2, 0.25) is 10.0 Å². The number of nitrogens with one attached hydrogen (secondary N) is 2. The van der Waals surface area contributed by atoms with Crippen LogP contribution in [0, 0.1) is 6.92 Å². The van der Waals surface area contributed by atoms with Crippen molar-refractivity contribution >= 4 is 40.6 Å². The highest BCUT2D eigenvalue weighted by Gasteiger charge is 2.07. The van der Waals surface area contributed by atoms with E-state index in [9.17, 15) is 4.79 Å². The van der Waals surface area contributed by atoms with Crippen LogP contribution in [0.15, 0.2) is 42.5 Å². The van der Waals surface area contributed by atoms with Gasteiger partial charge in [-0.25, -0.2) is 4.79 Å². The summed E-state index contributed by atoms with van der Waals surface area (Å²) in [5.41, 5.74) is 2.13. The second-order valence-corrected chi connectivity index (χ2v) is 4.86. The van der Waals surface area contributed by atoms with E-state index in [0.29, 0.717) is 21.4 Å². The second kappa shape index (κ2) is 5.95. The van der Waals surface area contributed by atoms with Crippen LogP contribution in [0.1, 0.15) is 5.56 Å². The molecule has 2 aromatic rings. The van der Waals surface area contributed by atoms with Gasteiger partial charge in [0, 0.05) is 0 Å². The summed E-state index contributed by atoms with van der Waals surface area (Å²) in [6.07, 6.45) is 0. The van der Waals surface area contributed by atoms with Gasteiger partial charge in [0.1, 0.15) is 0 Å². The molecule has 2 aromatic carbocycles. The normalized spacial score (nSPS) is 10.1. The van der Waals surface area contributed by atoms with Gasteiger partial charge in [-0.05, 0) is 36.8 Å². The van der Waals surface area contributed by atoms with E-state index in [1.165, 1.54) is 0 Å². The fourth-order valence-electron chi connectivity index (χ4n) is 1.56. The SMILES string of the molecule is Cc1ccc(NC(=O)Nc2ccccc2Cl)c(Cl)c1. The van der Waals surface area contributed by atoms with Crippen molar-refractivity contribution in [2.75, 3.05) is 10.6 Å². The van der Waals surface area contributed by atoms with E-state index >= 15 is 0 Å². The number of benzene rings is 2. The largest absolute Gasteiger partial charge is 0.323 e. The van der Waals surface area contributed by atoms with Crippen molar-refractivity contribution < 1.29 is 4.79 Å². The Morgan fingerprint density at radius 2 is 1.58 bits per heavy atom. The minimum absolute atomic E-state index is 0.390. The summed E-state index contributed by atoms with van der Waals surface area (Å²) in [6.45, 7) is 1.93. The number of carbonyl (C=O) groups is 1. The van der Waals surface area contributed by atoms with Gasteiger partial charge in [-0.3, -0.25) is 0 Å². The number of aryl methyl sites for hydroxylation is 1. The fraction of sp³-hybridized carbons (Fsp3) is 0.0714. The van der Waals surface area contributed by atoms with Crippen molar-refractivity contribution in [1.29, 1.82) is 0 Å². The van der Waals surface area contributed by atoms with Crippen LogP contribution < -0.4 is 10.6 Å². The summed E-state index contributed by atoms with van der Waals surface area (Å²) in [7, 11) is 0. The molecule has 2 rings (SSSR count). The van der Waals surface area contributed by atoms with E-state index < -0.39 is 0 Å². The smallest absolute Gasteiger partial charge is 0.306 e. The molecule has 3 nitrogen and oxygen atoms in total. The van der Waals surface area contributed by atoms with Crippen molar-refractivity contribution in [2.45, 2.75) is 6.92 Å². The lowest BCUT2D eigenvalue weighted by Gasteiger charge is -2.10. The van der Waals surface area contributed by atoms with Gasteiger partial charge in [-0.15, -0.1) is 0 Å². The van der Waals surface area contributed by atoms with Crippen LogP contribution in [-0.4, -0.2) is 6.03 Å². The molecule has 5 heteroatoms. The molecule has 0 bridgehead atoms. The first-order chi connectivity index (χ1) is 9.06. The van der Waals surface area contributed by atoms with Crippen molar-refractivity contribution in [2.24, 2.45) is 0 Å². The standard InChI is InChI=1S/C14H12Cl2N2O/c1-9-6-7-13(11(16)8-9)18-14(19)17-12-5-3-2-4-10(12)15/h2-8H,1H3,(H2,17,18,19). The minimum atomic E-state index is -0.390. The number of rotatable bonds is 2. The Morgan fingerprint density at radius 1 is 0.947 bits per heavy atom. The maximum absolute atomic E-state index is 11.8. The van der Waals surface area contributed by atoms with E-state index in [0.717, 1.165) is 5.56 Å². The number of hydrogen-bond acceptors (Lipinski definition) is 1. The highest BCUT2D eigenvalue weighted by Crippen LogP contribution is 2.24. The average Bonchev–Trinajstić information content (AvgIpc) is 2.36. The predicted octanol–water partition coefficient (Wildman–Crippen LogP) is 4.95. The van der Waals surface area contributed by atoms with Crippen LogP contribution >= 0.6 is 23.2 Å². The zero-order valence-electron chi connectivity index (χ0n) is 10.2. The minimum Gasteiger partial charge on any atom is -0.306 e. The Balaban J connectivity index is 2.08. The van der Waals surface area contributed by atoms with Gasteiger partial charge in [0.15, 0.2) is 0 Å². The second-order valence-electron chi connectivity index (χ2n) is 4.04. The first-order valence-electron chi connectivity index (χ1n) is 5.65. The molecule has 0 aliphatic heterocycles. The van der Waals surface area contributed by atoms with Crippen molar-refractivity contribution in [1.82, 2.24) is 0 Å². The highest BCUT2D eigenvalue weighted by molar-refractivity contribution is 6.34. The Labute approximate surface area is 121 Å². The molecule has 0 aliphatic rings. The van der Waals surface area contributed by atoms with Gasteiger partial charge in [0.2, 0.25) is 0 Å². The van der Waals surface area contributed by atoms with Crippen LogP contribution in [0.4, 0.5) is 16.2 Å². The molecular weight excluding hydrogens is 283 g/mol. The Hall–Kier alpha value is -1.71. The molecule has 98 valence electrons. The van der Waals surface area contributed by atoms with Gasteiger partial charge >= 0.3 is 6.03 Å². The molecule has 2 amide bonds. The maximum atomic E-state index is 11.8. The Kier molecular flexibility index (Phi) is 4.30. The summed E-state index contributed by atoms with van der Waals surface area (Å²) in [6, 6.07) is 12.0. The molecule has 0 atom stereocenters. The molecule has 0 aliphatic carbocycles. The lowest BCUT2D eigenvalue weighted by molar-refractivity contribution is 0.262. The third-order valence-corrected chi connectivity index (χ3v) is 3.14. The summed E-state index contributed by atoms with van der Waals surface area (Å²) in [5, 5.41) is 6.31. The predicted molar refractivity (Wildman–Crippen MR) is 80.3 cm³/mol. The molecule has 0 saturated carbocycles. The van der Waals surface area contributed by atoms with E-state index in [2.05, 4.69) is 10.6 Å². The third-order valence-electron chi connectivity index (χ3n) is 2.49. The van der Waals surface area contributed by atoms with Gasteiger partial charge in [-0.2, -0.15) is 0 Å². The number of hydrogen-bond donors (Lipinski definition) is 2. The van der Waals surface area contributed by atoms with Gasteiger partial charge in [0.25, 0.3) is 0 Å². The molecule has 0 fully saturated rings. The fourth-order valence-corrected chi connectivity index (χ4v) is 2.03. The Morgan fingerprint density at radius 3 is 2.21 bits per heavy atom. The van der Waals surface area contributed by atoms with Gasteiger partial charge < -0.3 is 10.6 Å². The summed E-state index contributed by atoms with van der Waals surface area (Å²) >= 11 is 12.0. The van der Waals surface area contributed by atoms with Crippen molar-refractivity contribution in [3.63, 3.8) is 0 Å². The third kappa shape index (κ3) is 3.63. The van der Waals surface area contributed by atoms with Crippen LogP contribution in [0.5, 0.6) is 0 Å². The average molecular weight is 295 g/mol. The molecular formula is C14H12Cl2N2O. The van der Waals surface area contributed by atoms with E-state index in [-0.39, 0.29) is 6.03 Å². The molecule has 0 saturated heterocycles. The number of urea groups is 1. The number of para-hydroxylation sites is 1.